The number of anilines is 1. The maximum absolute atomic E-state index is 14.6. The van der Waals surface area contributed by atoms with E-state index < -0.39 is 21.3 Å². The number of nitriles is 1. The van der Waals surface area contributed by atoms with Crippen LogP contribution in [0.5, 0.6) is 5.88 Å². The quantitative estimate of drug-likeness (QED) is 0.398. The summed E-state index contributed by atoms with van der Waals surface area (Å²) >= 11 is 0. The van der Waals surface area contributed by atoms with Crippen LogP contribution in [0, 0.1) is 17.4 Å². The minimum atomic E-state index is -4.30. The summed E-state index contributed by atoms with van der Waals surface area (Å²) < 4.78 is 34.5. The molecule has 3 aromatic carbocycles. The molecule has 0 aliphatic carbocycles. The van der Waals surface area contributed by atoms with Gasteiger partial charge in [0.2, 0.25) is 5.88 Å². The molecule has 177 valence electrons. The molecule has 1 aromatic heterocycles. The van der Waals surface area contributed by atoms with Crippen molar-refractivity contribution in [3.8, 4) is 11.9 Å². The molecule has 0 fully saturated rings. The number of amides is 1. The monoisotopic (exact) mass is 494 g/mol. The first-order valence-electron chi connectivity index (χ1n) is 11.2. The zero-order valence-corrected chi connectivity index (χ0v) is 20.1. The van der Waals surface area contributed by atoms with E-state index in [0.717, 1.165) is 4.31 Å². The number of sulfonamides is 1. The Morgan fingerprint density at radius 3 is 2.47 bits per heavy atom. The molecule has 4 aromatic rings. The van der Waals surface area contributed by atoms with Crippen molar-refractivity contribution in [3.05, 3.63) is 119 Å². The maximum Gasteiger partial charge on any atom is 0.270 e. The van der Waals surface area contributed by atoms with Crippen molar-refractivity contribution in [2.45, 2.75) is 17.2 Å². The lowest BCUT2D eigenvalue weighted by Gasteiger charge is -2.31. The minimum absolute atomic E-state index is 0.0259. The van der Waals surface area contributed by atoms with E-state index in [9.17, 15) is 18.5 Å². The molecule has 0 saturated carbocycles. The summed E-state index contributed by atoms with van der Waals surface area (Å²) in [6, 6.07) is 27.5. The highest BCUT2D eigenvalue weighted by Crippen LogP contribution is 2.53. The molecule has 2 heterocycles. The molecule has 0 saturated heterocycles. The van der Waals surface area contributed by atoms with E-state index in [4.69, 9.17) is 4.74 Å². The van der Waals surface area contributed by atoms with Crippen LogP contribution in [0.25, 0.3) is 0 Å². The molecule has 5 rings (SSSR count). The predicted octanol–water partition coefficient (Wildman–Crippen LogP) is 4.22. The Morgan fingerprint density at radius 1 is 1.03 bits per heavy atom. The van der Waals surface area contributed by atoms with Crippen LogP contribution in [-0.2, 0) is 20.2 Å². The lowest BCUT2D eigenvalue weighted by molar-refractivity contribution is -0.119. The van der Waals surface area contributed by atoms with Gasteiger partial charge in [0, 0.05) is 17.3 Å². The van der Waals surface area contributed by atoms with Crippen LogP contribution in [0.1, 0.15) is 29.2 Å². The summed E-state index contributed by atoms with van der Waals surface area (Å²) in [6.45, 7) is 2.08. The molecule has 1 amide bonds. The lowest BCUT2D eigenvalue weighted by Crippen LogP contribution is -2.45. The number of hydrogen-bond acceptors (Lipinski definition) is 6. The van der Waals surface area contributed by atoms with Gasteiger partial charge in [0.05, 0.1) is 28.8 Å². The van der Waals surface area contributed by atoms with Crippen molar-refractivity contribution in [1.82, 2.24) is 4.98 Å². The second kappa shape index (κ2) is 8.95. The Hall–Kier alpha value is -4.48. The zero-order chi connectivity index (χ0) is 25.3. The number of hydrogen-bond donors (Lipinski definition) is 0. The topological polar surface area (TPSA) is 100 Å². The van der Waals surface area contributed by atoms with Gasteiger partial charge in [0.25, 0.3) is 15.9 Å². The van der Waals surface area contributed by atoms with Gasteiger partial charge < -0.3 is 4.74 Å². The van der Waals surface area contributed by atoms with Crippen LogP contribution >= 0.6 is 0 Å². The number of carbonyl (C=O) groups is 1. The highest BCUT2D eigenvalue weighted by molar-refractivity contribution is 7.93. The van der Waals surface area contributed by atoms with Gasteiger partial charge in [-0.05, 0) is 55.0 Å². The van der Waals surface area contributed by atoms with E-state index in [0.29, 0.717) is 16.7 Å². The van der Waals surface area contributed by atoms with Crippen LogP contribution in [0.2, 0.25) is 0 Å². The first kappa shape index (κ1) is 23.3. The second-order valence-electron chi connectivity index (χ2n) is 8.06. The van der Waals surface area contributed by atoms with Crippen LogP contribution in [0.4, 0.5) is 5.69 Å². The van der Waals surface area contributed by atoms with Crippen molar-refractivity contribution in [3.63, 3.8) is 0 Å². The second-order valence-corrected chi connectivity index (χ2v) is 9.85. The zero-order valence-electron chi connectivity index (χ0n) is 19.3. The van der Waals surface area contributed by atoms with E-state index >= 15 is 0 Å². The number of pyridine rings is 1. The number of rotatable bonds is 6. The van der Waals surface area contributed by atoms with Crippen LogP contribution in [0.15, 0.2) is 96.0 Å². The molecule has 1 atom stereocenters. The third kappa shape index (κ3) is 3.36. The number of nitrogens with zero attached hydrogens (tertiary/aromatic N) is 3. The van der Waals surface area contributed by atoms with Gasteiger partial charge in [-0.2, -0.15) is 5.26 Å². The number of ether oxygens (including phenoxy) is 1. The minimum Gasteiger partial charge on any atom is -0.478 e. The van der Waals surface area contributed by atoms with Crippen LogP contribution < -0.4 is 9.04 Å². The van der Waals surface area contributed by atoms with Gasteiger partial charge in [-0.3, -0.25) is 4.79 Å². The summed E-state index contributed by atoms with van der Waals surface area (Å²) in [4.78, 5) is 19.0. The normalized spacial score (nSPS) is 16.9. The van der Waals surface area contributed by atoms with E-state index in [2.05, 4.69) is 17.1 Å². The number of aromatic nitrogens is 1. The first-order chi connectivity index (χ1) is 17.5. The number of fused-ring (bicyclic) bond motifs is 1. The summed E-state index contributed by atoms with van der Waals surface area (Å²) in [5.41, 5.74) is 0.0487. The summed E-state index contributed by atoms with van der Waals surface area (Å²) in [7, 11) is -4.30. The summed E-state index contributed by atoms with van der Waals surface area (Å²) in [5, 5.41) is 9.68. The average Bonchev–Trinajstić information content (AvgIpc) is 3.18. The number of benzene rings is 3. The highest BCUT2D eigenvalue weighted by atomic mass is 32.2. The smallest absolute Gasteiger partial charge is 0.270 e. The first-order valence-corrected chi connectivity index (χ1v) is 12.6. The molecule has 0 spiro atoms. The van der Waals surface area contributed by atoms with Crippen molar-refractivity contribution in [2.24, 2.45) is 0 Å². The highest BCUT2D eigenvalue weighted by Gasteiger charge is 2.58. The van der Waals surface area contributed by atoms with Crippen molar-refractivity contribution in [1.29, 1.82) is 5.26 Å². The van der Waals surface area contributed by atoms with Gasteiger partial charge in [0.15, 0.2) is 0 Å². The molecular formula is C28H20N3O4S. The van der Waals surface area contributed by atoms with Gasteiger partial charge in [-0.15, -0.1) is 0 Å². The maximum atomic E-state index is 14.6. The Labute approximate surface area is 209 Å². The Bertz CT molecular complexity index is 1600. The standard InChI is InChI=1S/C28H20N3O4S/c1-2-35-26-23(14-9-17-30-26)28(21-10-5-3-6-11-21)24-18-20(19-29)15-16-25(24)31(27(28)32)36(33,34)22-12-7-4-8-13-22/h4-18H,2H2,1H3. The van der Waals surface area contributed by atoms with E-state index in [-0.39, 0.29) is 28.6 Å². The summed E-state index contributed by atoms with van der Waals surface area (Å²) in [5.74, 6) is -0.509. The SMILES string of the molecule is CCOc1ncccc1C1(c2cc[c]cc2)C(=O)N(S(=O)(=O)c2ccccc2)c2ccc(C#N)cc21. The fourth-order valence-corrected chi connectivity index (χ4v) is 6.14. The van der Waals surface area contributed by atoms with Gasteiger partial charge in [0.1, 0.15) is 5.41 Å². The third-order valence-electron chi connectivity index (χ3n) is 6.14. The molecule has 8 heteroatoms. The molecule has 1 aliphatic rings. The Kier molecular flexibility index (Phi) is 5.78. The number of carbonyl (C=O) groups excluding carboxylic acids is 1. The van der Waals surface area contributed by atoms with Gasteiger partial charge in [-0.25, -0.2) is 17.7 Å². The molecule has 7 nitrogen and oxygen atoms in total. The molecule has 0 bridgehead atoms. The molecule has 36 heavy (non-hydrogen) atoms. The molecule has 1 radical (unpaired) electrons. The predicted molar refractivity (Wildman–Crippen MR) is 133 cm³/mol. The van der Waals surface area contributed by atoms with Gasteiger partial charge >= 0.3 is 0 Å². The van der Waals surface area contributed by atoms with Gasteiger partial charge in [-0.1, -0.05) is 48.5 Å². The molecule has 1 unspecified atom stereocenters. The Balaban J connectivity index is 1.91. The summed E-state index contributed by atoms with van der Waals surface area (Å²) in [6.07, 6.45) is 1.55. The van der Waals surface area contributed by atoms with E-state index in [1.807, 2.05) is 0 Å². The molecule has 0 N–H and O–H groups in total. The van der Waals surface area contributed by atoms with Crippen LogP contribution in [-0.4, -0.2) is 25.9 Å². The fourth-order valence-electron chi connectivity index (χ4n) is 4.66. The lowest BCUT2D eigenvalue weighted by atomic mass is 9.70. The average molecular weight is 495 g/mol. The Morgan fingerprint density at radius 2 is 1.78 bits per heavy atom. The van der Waals surface area contributed by atoms with E-state index in [1.54, 1.807) is 73.8 Å². The molecular weight excluding hydrogens is 474 g/mol. The van der Waals surface area contributed by atoms with Crippen molar-refractivity contribution < 1.29 is 17.9 Å². The van der Waals surface area contributed by atoms with Crippen molar-refractivity contribution >= 4 is 21.6 Å². The van der Waals surface area contributed by atoms with Crippen LogP contribution in [0.3, 0.4) is 0 Å². The fraction of sp³-hybridized carbons (Fsp3) is 0.107. The largest absolute Gasteiger partial charge is 0.478 e. The van der Waals surface area contributed by atoms with E-state index in [1.165, 1.54) is 24.3 Å². The van der Waals surface area contributed by atoms with Crippen molar-refractivity contribution in [2.75, 3.05) is 10.9 Å². The third-order valence-corrected chi connectivity index (χ3v) is 7.85. The molecule has 1 aliphatic heterocycles.